The molecule has 0 radical (unpaired) electrons. The zero-order valence-corrected chi connectivity index (χ0v) is 22.6. The topological polar surface area (TPSA) is 74.3 Å². The molecule has 0 bridgehead atoms. The van der Waals surface area contributed by atoms with E-state index in [1.165, 1.54) is 12.8 Å². The molecule has 0 spiro atoms. The second-order valence-corrected chi connectivity index (χ2v) is 11.0. The van der Waals surface area contributed by atoms with E-state index < -0.39 is 5.60 Å². The fraction of sp³-hybridized carbons (Fsp3) is 0.593. The molecule has 2 aromatic rings. The van der Waals surface area contributed by atoms with Gasteiger partial charge in [-0.2, -0.15) is 0 Å². The van der Waals surface area contributed by atoms with E-state index in [9.17, 15) is 4.79 Å². The molecule has 3 saturated heterocycles. The Morgan fingerprint density at radius 2 is 1.54 bits per heavy atom. The molecule has 0 aliphatic carbocycles. The quantitative estimate of drug-likeness (QED) is 0.543. The average Bonchev–Trinajstić information content (AvgIpc) is 3.43. The van der Waals surface area contributed by atoms with Gasteiger partial charge in [0, 0.05) is 70.5 Å². The van der Waals surface area contributed by atoms with Gasteiger partial charge in [-0.05, 0) is 63.1 Å². The SMILES string of the molecule is CC(C)(Oc1ccc(Cl)cc1)C(=O)N1CCN(c2ccc(N3CCN(CC4CCCO4)CC3)nn2)CC1. The summed E-state index contributed by atoms with van der Waals surface area (Å²) in [7, 11) is 0. The Hall–Kier alpha value is -2.62. The number of halogens is 1. The summed E-state index contributed by atoms with van der Waals surface area (Å²) >= 11 is 5.96. The van der Waals surface area contributed by atoms with E-state index in [2.05, 4.69) is 31.0 Å². The molecule has 4 heterocycles. The molecule has 5 rings (SSSR count). The van der Waals surface area contributed by atoms with Gasteiger partial charge in [0.15, 0.2) is 17.2 Å². The molecule has 3 fully saturated rings. The van der Waals surface area contributed by atoms with Gasteiger partial charge in [0.25, 0.3) is 5.91 Å². The lowest BCUT2D eigenvalue weighted by Gasteiger charge is -2.39. The minimum Gasteiger partial charge on any atom is -0.478 e. The smallest absolute Gasteiger partial charge is 0.266 e. The van der Waals surface area contributed by atoms with E-state index in [0.29, 0.717) is 43.1 Å². The van der Waals surface area contributed by atoms with Gasteiger partial charge in [-0.3, -0.25) is 9.69 Å². The number of carbonyl (C=O) groups is 1. The first-order valence-electron chi connectivity index (χ1n) is 13.3. The second kappa shape index (κ2) is 11.4. The van der Waals surface area contributed by atoms with Gasteiger partial charge in [0.05, 0.1) is 6.10 Å². The van der Waals surface area contributed by atoms with Gasteiger partial charge in [-0.15, -0.1) is 10.2 Å². The van der Waals surface area contributed by atoms with Gasteiger partial charge >= 0.3 is 0 Å². The van der Waals surface area contributed by atoms with Crippen LogP contribution in [0.4, 0.5) is 11.6 Å². The van der Waals surface area contributed by atoms with Crippen molar-refractivity contribution in [1.82, 2.24) is 20.0 Å². The van der Waals surface area contributed by atoms with Crippen molar-refractivity contribution in [3.63, 3.8) is 0 Å². The predicted octanol–water partition coefficient (Wildman–Crippen LogP) is 2.94. The molecule has 3 aliphatic rings. The second-order valence-electron chi connectivity index (χ2n) is 10.5. The third-order valence-corrected chi connectivity index (χ3v) is 7.66. The van der Waals surface area contributed by atoms with E-state index in [1.807, 2.05) is 24.8 Å². The van der Waals surface area contributed by atoms with Crippen LogP contribution < -0.4 is 14.5 Å². The number of carbonyl (C=O) groups excluding carboxylic acids is 1. The van der Waals surface area contributed by atoms with E-state index in [4.69, 9.17) is 21.1 Å². The summed E-state index contributed by atoms with van der Waals surface area (Å²) in [6, 6.07) is 11.2. The fourth-order valence-electron chi connectivity index (χ4n) is 5.25. The van der Waals surface area contributed by atoms with Crippen LogP contribution in [0, 0.1) is 0 Å². The molecular weight excluding hydrogens is 492 g/mol. The predicted molar refractivity (Wildman–Crippen MR) is 145 cm³/mol. The summed E-state index contributed by atoms with van der Waals surface area (Å²) in [6.07, 6.45) is 2.78. The minimum absolute atomic E-state index is 0.0258. The molecule has 200 valence electrons. The molecule has 9 nitrogen and oxygen atoms in total. The molecule has 1 aromatic carbocycles. The molecule has 1 amide bonds. The number of anilines is 2. The van der Waals surface area contributed by atoms with E-state index >= 15 is 0 Å². The van der Waals surface area contributed by atoms with Crippen LogP contribution in [0.25, 0.3) is 0 Å². The summed E-state index contributed by atoms with van der Waals surface area (Å²) in [5.74, 6) is 2.38. The number of hydrogen-bond donors (Lipinski definition) is 0. The highest BCUT2D eigenvalue weighted by Crippen LogP contribution is 2.24. The van der Waals surface area contributed by atoms with Gasteiger partial charge in [0.2, 0.25) is 0 Å². The molecule has 0 saturated carbocycles. The fourth-order valence-corrected chi connectivity index (χ4v) is 5.38. The number of nitrogens with zero attached hydrogens (tertiary/aromatic N) is 6. The molecule has 3 aliphatic heterocycles. The average molecular weight is 529 g/mol. The Bertz CT molecular complexity index is 1030. The first-order valence-corrected chi connectivity index (χ1v) is 13.7. The van der Waals surface area contributed by atoms with Gasteiger partial charge in [-0.1, -0.05) is 11.6 Å². The normalized spacial score (nSPS) is 21.4. The first-order chi connectivity index (χ1) is 17.9. The Morgan fingerprint density at radius 1 is 0.946 bits per heavy atom. The highest BCUT2D eigenvalue weighted by atomic mass is 35.5. The Balaban J connectivity index is 1.09. The van der Waals surface area contributed by atoms with Crippen LogP contribution in [-0.4, -0.2) is 103 Å². The molecule has 1 atom stereocenters. The van der Waals surface area contributed by atoms with Crippen molar-refractivity contribution >= 4 is 29.1 Å². The number of hydrogen-bond acceptors (Lipinski definition) is 8. The van der Waals surface area contributed by atoms with Crippen LogP contribution in [0.1, 0.15) is 26.7 Å². The molecule has 0 N–H and O–H groups in total. The lowest BCUT2D eigenvalue weighted by molar-refractivity contribution is -0.145. The Morgan fingerprint density at radius 3 is 2.08 bits per heavy atom. The van der Waals surface area contributed by atoms with Crippen LogP contribution in [0.15, 0.2) is 36.4 Å². The van der Waals surface area contributed by atoms with Crippen LogP contribution in [0.3, 0.4) is 0 Å². The maximum atomic E-state index is 13.2. The third kappa shape index (κ3) is 6.45. The number of piperazine rings is 2. The molecule has 1 unspecified atom stereocenters. The van der Waals surface area contributed by atoms with E-state index in [0.717, 1.165) is 51.0 Å². The molecule has 10 heteroatoms. The Kier molecular flexibility index (Phi) is 8.02. The zero-order valence-electron chi connectivity index (χ0n) is 21.8. The summed E-state index contributed by atoms with van der Waals surface area (Å²) in [5.41, 5.74) is -0.967. The third-order valence-electron chi connectivity index (χ3n) is 7.41. The van der Waals surface area contributed by atoms with Gasteiger partial charge in [0.1, 0.15) is 5.75 Å². The maximum Gasteiger partial charge on any atom is 0.266 e. The number of amides is 1. The highest BCUT2D eigenvalue weighted by molar-refractivity contribution is 6.30. The lowest BCUT2D eigenvalue weighted by Crippen LogP contribution is -2.56. The summed E-state index contributed by atoms with van der Waals surface area (Å²) < 4.78 is 11.8. The van der Waals surface area contributed by atoms with Gasteiger partial charge < -0.3 is 24.2 Å². The molecule has 37 heavy (non-hydrogen) atoms. The van der Waals surface area contributed by atoms with Crippen molar-refractivity contribution in [2.24, 2.45) is 0 Å². The largest absolute Gasteiger partial charge is 0.478 e. The van der Waals surface area contributed by atoms with Crippen molar-refractivity contribution in [3.8, 4) is 5.75 Å². The zero-order chi connectivity index (χ0) is 25.8. The summed E-state index contributed by atoms with van der Waals surface area (Å²) in [5, 5.41) is 9.69. The van der Waals surface area contributed by atoms with Gasteiger partial charge in [-0.25, -0.2) is 0 Å². The number of aromatic nitrogens is 2. The lowest BCUT2D eigenvalue weighted by atomic mass is 10.1. The van der Waals surface area contributed by atoms with Crippen molar-refractivity contribution in [2.75, 3.05) is 75.3 Å². The maximum absolute atomic E-state index is 13.2. The Labute approximate surface area is 224 Å². The van der Waals surface area contributed by atoms with Crippen molar-refractivity contribution < 1.29 is 14.3 Å². The summed E-state index contributed by atoms with van der Waals surface area (Å²) in [6.45, 7) is 12.2. The number of ether oxygens (including phenoxy) is 2. The highest BCUT2D eigenvalue weighted by Gasteiger charge is 2.36. The van der Waals surface area contributed by atoms with Crippen LogP contribution in [-0.2, 0) is 9.53 Å². The standard InChI is InChI=1S/C27H37ClN6O3/c1-27(2,37-22-7-5-21(28)6-8-22)26(35)34-17-15-33(16-18-34)25-10-9-24(29-30-25)32-13-11-31(12-14-32)20-23-4-3-19-36-23/h5-10,23H,3-4,11-20H2,1-2H3. The van der Waals surface area contributed by atoms with Crippen molar-refractivity contribution in [2.45, 2.75) is 38.4 Å². The van der Waals surface area contributed by atoms with Crippen molar-refractivity contribution in [1.29, 1.82) is 0 Å². The summed E-state index contributed by atoms with van der Waals surface area (Å²) in [4.78, 5) is 22.0. The van der Waals surface area contributed by atoms with Crippen LogP contribution in [0.2, 0.25) is 5.02 Å². The van der Waals surface area contributed by atoms with Crippen molar-refractivity contribution in [3.05, 3.63) is 41.4 Å². The number of rotatable bonds is 7. The molecule has 1 aromatic heterocycles. The molecular formula is C27H37ClN6O3. The van der Waals surface area contributed by atoms with Crippen LogP contribution in [0.5, 0.6) is 5.75 Å². The monoisotopic (exact) mass is 528 g/mol. The minimum atomic E-state index is -0.967. The first kappa shape index (κ1) is 26.0. The van der Waals surface area contributed by atoms with E-state index in [1.54, 1.807) is 24.3 Å². The van der Waals surface area contributed by atoms with Crippen LogP contribution >= 0.6 is 11.6 Å². The van der Waals surface area contributed by atoms with E-state index in [-0.39, 0.29) is 5.91 Å². The number of benzene rings is 1.